The molecule has 4 aromatic rings. The molecule has 0 aliphatic carbocycles. The zero-order valence-electron chi connectivity index (χ0n) is 18.1. The van der Waals surface area contributed by atoms with Gasteiger partial charge in [0.2, 0.25) is 0 Å². The van der Waals surface area contributed by atoms with Crippen LogP contribution in [0.1, 0.15) is 5.69 Å². The van der Waals surface area contributed by atoms with E-state index in [0.29, 0.717) is 39.8 Å². The average molecular weight is 482 g/mol. The molecule has 0 aliphatic rings. The van der Waals surface area contributed by atoms with E-state index in [4.69, 9.17) is 25.8 Å². The number of nitrogens with one attached hydrogen (secondary N) is 1. The van der Waals surface area contributed by atoms with E-state index in [0.717, 1.165) is 5.69 Å². The van der Waals surface area contributed by atoms with Gasteiger partial charge in [-0.25, -0.2) is 9.97 Å². The molecule has 0 saturated heterocycles. The Bertz CT molecular complexity index is 1310. The number of fused-ring (bicyclic) bond motifs is 1. The van der Waals surface area contributed by atoms with Gasteiger partial charge in [-0.3, -0.25) is 15.1 Å². The van der Waals surface area contributed by atoms with Crippen LogP contribution in [-0.2, 0) is 11.3 Å². The molecule has 34 heavy (non-hydrogen) atoms. The summed E-state index contributed by atoms with van der Waals surface area (Å²) in [5, 5.41) is 15.6. The molecule has 2 aromatic heterocycles. The summed E-state index contributed by atoms with van der Waals surface area (Å²) in [6.07, 6.45) is 3.06. The lowest BCUT2D eigenvalue weighted by atomic mass is 10.2. The van der Waals surface area contributed by atoms with Crippen molar-refractivity contribution in [3.05, 3.63) is 81.9 Å². The molecule has 0 fully saturated rings. The van der Waals surface area contributed by atoms with Gasteiger partial charge < -0.3 is 19.5 Å². The highest BCUT2D eigenvalue weighted by molar-refractivity contribution is 6.32. The topological polar surface area (TPSA) is 122 Å². The number of hydrogen-bond acceptors (Lipinski definition) is 9. The number of nitrogens with zero attached hydrogens (tertiary/aromatic N) is 4. The molecule has 11 heteroatoms. The third kappa shape index (κ3) is 5.48. The third-order valence-corrected chi connectivity index (χ3v) is 5.05. The first-order valence-corrected chi connectivity index (χ1v) is 10.6. The van der Waals surface area contributed by atoms with Crippen LogP contribution in [0.5, 0.6) is 11.5 Å². The molecule has 4 rings (SSSR count). The van der Waals surface area contributed by atoms with Crippen LogP contribution in [0.2, 0.25) is 5.02 Å². The molecule has 0 aliphatic heterocycles. The second-order valence-electron chi connectivity index (χ2n) is 7.04. The Balaban J connectivity index is 1.57. The molecule has 2 aromatic carbocycles. The molecule has 0 saturated carbocycles. The van der Waals surface area contributed by atoms with E-state index in [1.165, 1.54) is 25.6 Å². The van der Waals surface area contributed by atoms with Crippen molar-refractivity contribution >= 4 is 39.7 Å². The minimum Gasteiger partial charge on any atom is -0.486 e. The zero-order valence-corrected chi connectivity index (χ0v) is 18.9. The van der Waals surface area contributed by atoms with E-state index in [-0.39, 0.29) is 24.7 Å². The summed E-state index contributed by atoms with van der Waals surface area (Å²) in [4.78, 5) is 23.8. The quantitative estimate of drug-likeness (QED) is 0.191. The van der Waals surface area contributed by atoms with Crippen LogP contribution < -0.4 is 14.8 Å². The van der Waals surface area contributed by atoms with Gasteiger partial charge in [0.05, 0.1) is 33.1 Å². The van der Waals surface area contributed by atoms with Crippen molar-refractivity contribution in [2.75, 3.05) is 25.6 Å². The third-order valence-electron chi connectivity index (χ3n) is 4.75. The van der Waals surface area contributed by atoms with Crippen LogP contribution in [-0.4, -0.2) is 40.2 Å². The maximum absolute atomic E-state index is 11.6. The van der Waals surface area contributed by atoms with Gasteiger partial charge in [-0.1, -0.05) is 17.7 Å². The van der Waals surface area contributed by atoms with Crippen molar-refractivity contribution in [1.82, 2.24) is 15.0 Å². The standard InChI is InChI=1S/C23H20ClN5O5/c1-32-8-9-33-22-12-19-17(11-20(22)29(30)31)23(27-14-26-19)28-15-5-6-21(18(24)10-15)34-13-16-4-2-3-7-25-16/h2-7,10-12,14H,8-9,13H2,1H3,(H,26,27,28). The van der Waals surface area contributed by atoms with Crippen molar-refractivity contribution in [2.24, 2.45) is 0 Å². The second kappa shape index (κ2) is 10.7. The minimum atomic E-state index is -0.511. The van der Waals surface area contributed by atoms with Crippen molar-refractivity contribution in [1.29, 1.82) is 0 Å². The number of rotatable bonds is 10. The lowest BCUT2D eigenvalue weighted by molar-refractivity contribution is -0.385. The summed E-state index contributed by atoms with van der Waals surface area (Å²) in [7, 11) is 1.52. The molecule has 0 amide bonds. The number of methoxy groups -OCH3 is 1. The Labute approximate surface area is 199 Å². The predicted molar refractivity (Wildman–Crippen MR) is 127 cm³/mol. The molecule has 0 unspecified atom stereocenters. The number of pyridine rings is 1. The number of halogens is 1. The molecule has 174 valence electrons. The number of hydrogen-bond donors (Lipinski definition) is 1. The van der Waals surface area contributed by atoms with E-state index in [2.05, 4.69) is 20.3 Å². The fraction of sp³-hybridized carbons (Fsp3) is 0.174. The summed E-state index contributed by atoms with van der Waals surface area (Å²) < 4.78 is 16.2. The fourth-order valence-corrected chi connectivity index (χ4v) is 3.37. The summed E-state index contributed by atoms with van der Waals surface area (Å²) in [5.41, 5.74) is 1.69. The number of benzene rings is 2. The lowest BCUT2D eigenvalue weighted by Gasteiger charge is -2.12. The molecular weight excluding hydrogens is 462 g/mol. The van der Waals surface area contributed by atoms with Crippen LogP contribution in [0.4, 0.5) is 17.2 Å². The Hall–Kier alpha value is -4.02. The molecular formula is C23H20ClN5O5. The molecule has 1 N–H and O–H groups in total. The smallest absolute Gasteiger partial charge is 0.311 e. The monoisotopic (exact) mass is 481 g/mol. The van der Waals surface area contributed by atoms with Crippen LogP contribution in [0.3, 0.4) is 0 Å². The molecule has 0 bridgehead atoms. The number of aromatic nitrogens is 3. The van der Waals surface area contributed by atoms with E-state index >= 15 is 0 Å². The number of anilines is 2. The van der Waals surface area contributed by atoms with E-state index in [1.807, 2.05) is 18.2 Å². The number of nitro groups is 1. The SMILES string of the molecule is COCCOc1cc2ncnc(Nc3ccc(OCc4ccccn4)c(Cl)c3)c2cc1[N+](=O)[O-]. The van der Waals surface area contributed by atoms with E-state index in [1.54, 1.807) is 24.4 Å². The second-order valence-corrected chi connectivity index (χ2v) is 7.44. The highest BCUT2D eigenvalue weighted by atomic mass is 35.5. The van der Waals surface area contributed by atoms with Crippen molar-refractivity contribution in [3.8, 4) is 11.5 Å². The van der Waals surface area contributed by atoms with Gasteiger partial charge in [-0.05, 0) is 30.3 Å². The fourth-order valence-electron chi connectivity index (χ4n) is 3.13. The summed E-state index contributed by atoms with van der Waals surface area (Å²) in [6.45, 7) is 0.753. The highest BCUT2D eigenvalue weighted by Crippen LogP contribution is 2.35. The first-order valence-electron chi connectivity index (χ1n) is 10.2. The van der Waals surface area contributed by atoms with Gasteiger partial charge in [0.25, 0.3) is 0 Å². The van der Waals surface area contributed by atoms with E-state index < -0.39 is 4.92 Å². The van der Waals surface area contributed by atoms with Crippen LogP contribution in [0, 0.1) is 10.1 Å². The highest BCUT2D eigenvalue weighted by Gasteiger charge is 2.19. The molecule has 2 heterocycles. The predicted octanol–water partition coefficient (Wildman–Crippen LogP) is 4.93. The number of nitro benzene ring substituents is 1. The van der Waals surface area contributed by atoms with Gasteiger partial charge in [0.1, 0.15) is 31.1 Å². The molecule has 10 nitrogen and oxygen atoms in total. The molecule has 0 radical (unpaired) electrons. The maximum Gasteiger partial charge on any atom is 0.311 e. The van der Waals surface area contributed by atoms with Crippen molar-refractivity contribution in [2.45, 2.75) is 6.61 Å². The average Bonchev–Trinajstić information content (AvgIpc) is 2.84. The van der Waals surface area contributed by atoms with Crippen molar-refractivity contribution < 1.29 is 19.1 Å². The molecule has 0 spiro atoms. The first kappa shape index (κ1) is 23.1. The zero-order chi connectivity index (χ0) is 23.9. The van der Waals surface area contributed by atoms with Gasteiger partial charge in [-0.2, -0.15) is 0 Å². The normalized spacial score (nSPS) is 10.8. The maximum atomic E-state index is 11.6. The largest absolute Gasteiger partial charge is 0.486 e. The Morgan fingerprint density at radius 2 is 1.91 bits per heavy atom. The lowest BCUT2D eigenvalue weighted by Crippen LogP contribution is -2.06. The Kier molecular flexibility index (Phi) is 7.31. The minimum absolute atomic E-state index is 0.108. The number of ether oxygens (including phenoxy) is 3. The Morgan fingerprint density at radius 1 is 1.03 bits per heavy atom. The summed E-state index contributed by atoms with van der Waals surface area (Å²) in [5.74, 6) is 0.991. The summed E-state index contributed by atoms with van der Waals surface area (Å²) in [6, 6.07) is 13.6. The first-order chi connectivity index (χ1) is 16.5. The van der Waals surface area contributed by atoms with Crippen LogP contribution in [0.25, 0.3) is 10.9 Å². The van der Waals surface area contributed by atoms with Gasteiger partial charge >= 0.3 is 5.69 Å². The van der Waals surface area contributed by atoms with Crippen LogP contribution in [0.15, 0.2) is 61.1 Å². The van der Waals surface area contributed by atoms with Crippen LogP contribution >= 0.6 is 11.6 Å². The van der Waals surface area contributed by atoms with E-state index in [9.17, 15) is 10.1 Å². The molecule has 0 atom stereocenters. The van der Waals surface area contributed by atoms with Gasteiger partial charge in [0, 0.05) is 31.1 Å². The van der Waals surface area contributed by atoms with Gasteiger partial charge in [-0.15, -0.1) is 0 Å². The van der Waals surface area contributed by atoms with Gasteiger partial charge in [0.15, 0.2) is 5.75 Å². The Morgan fingerprint density at radius 3 is 2.65 bits per heavy atom. The van der Waals surface area contributed by atoms with Crippen molar-refractivity contribution in [3.63, 3.8) is 0 Å². The summed E-state index contributed by atoms with van der Waals surface area (Å²) >= 11 is 6.39.